The lowest BCUT2D eigenvalue weighted by atomic mass is 9.95. The highest BCUT2D eigenvalue weighted by Gasteiger charge is 2.45. The van der Waals surface area contributed by atoms with Crippen molar-refractivity contribution in [2.75, 3.05) is 20.3 Å². The molecular formula is C21H19BrClNO4. The summed E-state index contributed by atoms with van der Waals surface area (Å²) in [5.41, 5.74) is 1.24. The van der Waals surface area contributed by atoms with Crippen LogP contribution in [-0.2, 0) is 14.3 Å². The minimum atomic E-state index is -0.699. The molecule has 1 fully saturated rings. The van der Waals surface area contributed by atoms with Gasteiger partial charge in [0.25, 0.3) is 11.7 Å². The Bertz CT molecular complexity index is 926. The van der Waals surface area contributed by atoms with Crippen LogP contribution in [-0.4, -0.2) is 42.0 Å². The molecule has 1 amide bonds. The van der Waals surface area contributed by atoms with Gasteiger partial charge in [-0.2, -0.15) is 0 Å². The summed E-state index contributed by atoms with van der Waals surface area (Å²) in [6.45, 7) is 0.804. The van der Waals surface area contributed by atoms with E-state index in [-0.39, 0.29) is 11.3 Å². The lowest BCUT2D eigenvalue weighted by Crippen LogP contribution is -2.31. The Hall–Kier alpha value is -2.15. The van der Waals surface area contributed by atoms with Crippen LogP contribution in [0.15, 0.2) is 58.6 Å². The fourth-order valence-electron chi connectivity index (χ4n) is 3.28. The Morgan fingerprint density at radius 1 is 1.21 bits per heavy atom. The molecule has 7 heteroatoms. The summed E-state index contributed by atoms with van der Waals surface area (Å²) in [5, 5.41) is 11.4. The van der Waals surface area contributed by atoms with Crippen molar-refractivity contribution in [3.63, 3.8) is 0 Å². The van der Waals surface area contributed by atoms with E-state index >= 15 is 0 Å². The lowest BCUT2D eigenvalue weighted by Gasteiger charge is -2.25. The molecule has 3 rings (SSSR count). The first-order valence-corrected chi connectivity index (χ1v) is 9.90. The van der Waals surface area contributed by atoms with Gasteiger partial charge in [-0.25, -0.2) is 0 Å². The van der Waals surface area contributed by atoms with E-state index in [4.69, 9.17) is 16.3 Å². The summed E-state index contributed by atoms with van der Waals surface area (Å²) in [5.74, 6) is -1.54. The number of amides is 1. The summed E-state index contributed by atoms with van der Waals surface area (Å²) in [4.78, 5) is 27.0. The van der Waals surface area contributed by atoms with Gasteiger partial charge in [0.2, 0.25) is 0 Å². The van der Waals surface area contributed by atoms with E-state index in [0.717, 1.165) is 10.0 Å². The lowest BCUT2D eigenvalue weighted by molar-refractivity contribution is -0.140. The number of benzene rings is 2. The number of hydrogen-bond donors (Lipinski definition) is 1. The fourth-order valence-corrected chi connectivity index (χ4v) is 3.82. The Morgan fingerprint density at radius 3 is 2.57 bits per heavy atom. The minimum absolute atomic E-state index is 0.0721. The second-order valence-electron chi connectivity index (χ2n) is 6.40. The Morgan fingerprint density at radius 2 is 1.93 bits per heavy atom. The van der Waals surface area contributed by atoms with Crippen LogP contribution in [0.2, 0.25) is 5.02 Å². The first-order valence-electron chi connectivity index (χ1n) is 8.72. The third-order valence-electron chi connectivity index (χ3n) is 4.57. The van der Waals surface area contributed by atoms with Crippen molar-refractivity contribution in [1.82, 2.24) is 4.90 Å². The van der Waals surface area contributed by atoms with Crippen molar-refractivity contribution in [1.29, 1.82) is 0 Å². The number of ether oxygens (including phenoxy) is 1. The topological polar surface area (TPSA) is 66.8 Å². The van der Waals surface area contributed by atoms with E-state index in [1.54, 1.807) is 31.4 Å². The van der Waals surface area contributed by atoms with Crippen molar-refractivity contribution < 1.29 is 19.4 Å². The molecule has 1 saturated heterocycles. The van der Waals surface area contributed by atoms with Gasteiger partial charge < -0.3 is 14.7 Å². The molecule has 0 bridgehead atoms. The minimum Gasteiger partial charge on any atom is -0.507 e. The van der Waals surface area contributed by atoms with E-state index in [9.17, 15) is 14.7 Å². The monoisotopic (exact) mass is 463 g/mol. The first-order chi connectivity index (χ1) is 13.4. The molecule has 0 radical (unpaired) electrons. The fraction of sp³-hybridized carbons (Fsp3) is 0.238. The van der Waals surface area contributed by atoms with Gasteiger partial charge in [0.15, 0.2) is 0 Å². The molecule has 0 unspecified atom stereocenters. The van der Waals surface area contributed by atoms with E-state index in [1.165, 1.54) is 4.90 Å². The Balaban J connectivity index is 2.12. The number of carbonyl (C=O) groups is 2. The zero-order valence-electron chi connectivity index (χ0n) is 15.2. The molecule has 0 aliphatic carbocycles. The number of rotatable bonds is 6. The number of aliphatic hydroxyl groups is 1. The maximum Gasteiger partial charge on any atom is 0.295 e. The Labute approximate surface area is 176 Å². The molecular weight excluding hydrogens is 446 g/mol. The second-order valence-corrected chi connectivity index (χ2v) is 7.75. The van der Waals surface area contributed by atoms with Crippen molar-refractivity contribution in [2.45, 2.75) is 12.5 Å². The molecule has 146 valence electrons. The van der Waals surface area contributed by atoms with Crippen LogP contribution >= 0.6 is 27.5 Å². The number of likely N-dealkylation sites (tertiary alicyclic amines) is 1. The number of methoxy groups -OCH3 is 1. The summed E-state index contributed by atoms with van der Waals surface area (Å²) in [7, 11) is 1.58. The standard InChI is InChI=1S/C21H19BrClNO4/c1-28-11-3-10-24-18(14-4-2-5-15(22)12-14)17(20(26)21(24)27)19(25)13-6-8-16(23)9-7-13/h2,4-9,12,18,25H,3,10-11H2,1H3/t18-/m1/s1. The van der Waals surface area contributed by atoms with Crippen LogP contribution in [0, 0.1) is 0 Å². The number of halogens is 2. The van der Waals surface area contributed by atoms with Gasteiger partial charge in [0, 0.05) is 35.3 Å². The first kappa shape index (κ1) is 20.6. The molecule has 2 aromatic rings. The number of ketones is 1. The average molecular weight is 465 g/mol. The quantitative estimate of drug-likeness (QED) is 0.294. The molecule has 0 spiro atoms. The molecule has 1 atom stereocenters. The van der Waals surface area contributed by atoms with E-state index < -0.39 is 17.7 Å². The molecule has 5 nitrogen and oxygen atoms in total. The molecule has 1 heterocycles. The van der Waals surface area contributed by atoms with Crippen molar-refractivity contribution in [3.05, 3.63) is 74.7 Å². The van der Waals surface area contributed by atoms with Crippen LogP contribution in [0.3, 0.4) is 0 Å². The predicted octanol–water partition coefficient (Wildman–Crippen LogP) is 4.56. The number of Topliss-reactive ketones (excluding diaryl/α,β-unsaturated/α-hetero) is 1. The Kier molecular flexibility index (Phi) is 6.54. The van der Waals surface area contributed by atoms with Crippen LogP contribution in [0.25, 0.3) is 5.76 Å². The van der Waals surface area contributed by atoms with Crippen molar-refractivity contribution in [3.8, 4) is 0 Å². The summed E-state index contributed by atoms with van der Waals surface area (Å²) in [6.07, 6.45) is 0.578. The van der Waals surface area contributed by atoms with Crippen molar-refractivity contribution >= 4 is 45.0 Å². The summed E-state index contributed by atoms with van der Waals surface area (Å²) >= 11 is 9.35. The van der Waals surface area contributed by atoms with Gasteiger partial charge in [0.05, 0.1) is 11.6 Å². The normalized spacial score (nSPS) is 18.7. The van der Waals surface area contributed by atoms with Gasteiger partial charge in [-0.3, -0.25) is 9.59 Å². The van der Waals surface area contributed by atoms with Gasteiger partial charge in [-0.1, -0.05) is 39.7 Å². The molecule has 0 aromatic heterocycles. The number of hydrogen-bond acceptors (Lipinski definition) is 4. The van der Waals surface area contributed by atoms with Crippen LogP contribution in [0.5, 0.6) is 0 Å². The molecule has 1 aliphatic rings. The SMILES string of the molecule is COCCCN1C(=O)C(=O)C(=C(O)c2ccc(Cl)cc2)[C@H]1c1cccc(Br)c1. The maximum absolute atomic E-state index is 12.8. The molecule has 1 N–H and O–H groups in total. The van der Waals surface area contributed by atoms with E-state index in [1.807, 2.05) is 24.3 Å². The van der Waals surface area contributed by atoms with E-state index in [2.05, 4.69) is 15.9 Å². The molecule has 1 aliphatic heterocycles. The highest BCUT2D eigenvalue weighted by molar-refractivity contribution is 9.10. The highest BCUT2D eigenvalue weighted by Crippen LogP contribution is 2.40. The molecule has 2 aromatic carbocycles. The maximum atomic E-state index is 12.8. The van der Waals surface area contributed by atoms with Crippen LogP contribution in [0.4, 0.5) is 0 Å². The van der Waals surface area contributed by atoms with Crippen LogP contribution < -0.4 is 0 Å². The van der Waals surface area contributed by atoms with E-state index in [0.29, 0.717) is 30.2 Å². The second kappa shape index (κ2) is 8.90. The van der Waals surface area contributed by atoms with Crippen LogP contribution in [0.1, 0.15) is 23.6 Å². The predicted molar refractivity (Wildman–Crippen MR) is 111 cm³/mol. The zero-order chi connectivity index (χ0) is 20.3. The third kappa shape index (κ3) is 4.14. The van der Waals surface area contributed by atoms with Gasteiger partial charge in [-0.15, -0.1) is 0 Å². The smallest absolute Gasteiger partial charge is 0.295 e. The average Bonchev–Trinajstić information content (AvgIpc) is 2.93. The molecule has 0 saturated carbocycles. The number of nitrogens with zero attached hydrogens (tertiary/aromatic N) is 1. The number of aliphatic hydroxyl groups excluding tert-OH is 1. The largest absolute Gasteiger partial charge is 0.507 e. The number of carbonyl (C=O) groups excluding carboxylic acids is 2. The zero-order valence-corrected chi connectivity index (χ0v) is 17.5. The van der Waals surface area contributed by atoms with Crippen molar-refractivity contribution in [2.24, 2.45) is 0 Å². The third-order valence-corrected chi connectivity index (χ3v) is 5.31. The van der Waals surface area contributed by atoms with Gasteiger partial charge >= 0.3 is 0 Å². The summed E-state index contributed by atoms with van der Waals surface area (Å²) in [6, 6.07) is 13.2. The highest BCUT2D eigenvalue weighted by atomic mass is 79.9. The summed E-state index contributed by atoms with van der Waals surface area (Å²) < 4.78 is 5.89. The van der Waals surface area contributed by atoms with Gasteiger partial charge in [0.1, 0.15) is 5.76 Å². The van der Waals surface area contributed by atoms with Gasteiger partial charge in [-0.05, 0) is 48.4 Å². The molecule has 28 heavy (non-hydrogen) atoms.